The van der Waals surface area contributed by atoms with E-state index in [1.165, 1.54) is 0 Å². The van der Waals surface area contributed by atoms with Crippen LogP contribution in [0.15, 0.2) is 42.9 Å². The highest BCUT2D eigenvalue weighted by atomic mass is 16.1. The van der Waals surface area contributed by atoms with Gasteiger partial charge in [0.1, 0.15) is 11.9 Å². The van der Waals surface area contributed by atoms with Gasteiger partial charge in [0.25, 0.3) is 5.91 Å². The normalized spacial score (nSPS) is 15.0. The zero-order chi connectivity index (χ0) is 16.1. The van der Waals surface area contributed by atoms with Gasteiger partial charge in [-0.15, -0.1) is 0 Å². The van der Waals surface area contributed by atoms with Crippen LogP contribution in [0, 0.1) is 11.3 Å². The molecule has 0 saturated carbocycles. The van der Waals surface area contributed by atoms with Crippen LogP contribution in [0.1, 0.15) is 28.8 Å². The Balaban J connectivity index is 1.59. The summed E-state index contributed by atoms with van der Waals surface area (Å²) in [5.74, 6) is 0.662. The molecule has 1 amide bonds. The van der Waals surface area contributed by atoms with E-state index in [-0.39, 0.29) is 11.9 Å². The fraction of sp³-hybridized carbons (Fsp3) is 0.294. The molecule has 0 radical (unpaired) electrons. The van der Waals surface area contributed by atoms with Crippen LogP contribution < -0.4 is 10.2 Å². The molecule has 1 saturated heterocycles. The van der Waals surface area contributed by atoms with Gasteiger partial charge >= 0.3 is 0 Å². The number of rotatable bonds is 3. The number of carbonyl (C=O) groups excluding carboxylic acids is 1. The number of amides is 1. The number of nitriles is 1. The molecular weight excluding hydrogens is 290 g/mol. The lowest BCUT2D eigenvalue weighted by Crippen LogP contribution is -2.45. The number of nitrogens with one attached hydrogen (secondary N) is 1. The van der Waals surface area contributed by atoms with Crippen molar-refractivity contribution in [1.29, 1.82) is 5.26 Å². The second kappa shape index (κ2) is 6.88. The minimum absolute atomic E-state index is 0.0681. The van der Waals surface area contributed by atoms with Crippen molar-refractivity contribution in [3.05, 3.63) is 54.0 Å². The van der Waals surface area contributed by atoms with Crippen molar-refractivity contribution in [2.75, 3.05) is 18.0 Å². The van der Waals surface area contributed by atoms with Crippen molar-refractivity contribution in [2.45, 2.75) is 18.9 Å². The van der Waals surface area contributed by atoms with E-state index in [0.717, 1.165) is 31.7 Å². The highest BCUT2D eigenvalue weighted by Crippen LogP contribution is 2.21. The molecular formula is C17H17N5O. The standard InChI is InChI=1S/C17H17N5O/c18-12-14-2-1-7-20-16(14)22-10-5-15(6-11-22)21-17(23)13-3-8-19-9-4-13/h1-4,7-9,15H,5-6,10-11H2,(H,21,23). The van der Waals surface area contributed by atoms with Gasteiger partial charge in [-0.3, -0.25) is 9.78 Å². The van der Waals surface area contributed by atoms with E-state index in [4.69, 9.17) is 5.26 Å². The maximum atomic E-state index is 12.2. The quantitative estimate of drug-likeness (QED) is 0.934. The molecule has 2 aromatic heterocycles. The fourth-order valence-corrected chi connectivity index (χ4v) is 2.74. The number of nitrogens with zero attached hydrogens (tertiary/aromatic N) is 4. The molecule has 1 N–H and O–H groups in total. The second-order valence-corrected chi connectivity index (χ2v) is 5.46. The Morgan fingerprint density at radius 1 is 1.22 bits per heavy atom. The number of pyridine rings is 2. The van der Waals surface area contributed by atoms with Gasteiger partial charge in [0.2, 0.25) is 0 Å². The third-order valence-electron chi connectivity index (χ3n) is 3.98. The van der Waals surface area contributed by atoms with E-state index >= 15 is 0 Å². The molecule has 6 heteroatoms. The van der Waals surface area contributed by atoms with Crippen LogP contribution in [0.5, 0.6) is 0 Å². The van der Waals surface area contributed by atoms with Crippen LogP contribution in [0.4, 0.5) is 5.82 Å². The van der Waals surface area contributed by atoms with Crippen LogP contribution in [0.3, 0.4) is 0 Å². The Morgan fingerprint density at radius 3 is 2.65 bits per heavy atom. The smallest absolute Gasteiger partial charge is 0.251 e. The van der Waals surface area contributed by atoms with Crippen LogP contribution in [0.25, 0.3) is 0 Å². The Hall–Kier alpha value is -2.94. The Bertz CT molecular complexity index is 717. The summed E-state index contributed by atoms with van der Waals surface area (Å²) >= 11 is 0. The van der Waals surface area contributed by atoms with E-state index in [0.29, 0.717) is 11.1 Å². The first-order chi connectivity index (χ1) is 11.3. The van der Waals surface area contributed by atoms with Crippen molar-refractivity contribution in [2.24, 2.45) is 0 Å². The van der Waals surface area contributed by atoms with Gasteiger partial charge in [-0.25, -0.2) is 4.98 Å². The van der Waals surface area contributed by atoms with E-state index in [1.54, 1.807) is 42.9 Å². The topological polar surface area (TPSA) is 81.9 Å². The van der Waals surface area contributed by atoms with Crippen molar-refractivity contribution in [3.8, 4) is 6.07 Å². The van der Waals surface area contributed by atoms with Crippen molar-refractivity contribution in [3.63, 3.8) is 0 Å². The number of aromatic nitrogens is 2. The number of hydrogen-bond donors (Lipinski definition) is 1. The van der Waals surface area contributed by atoms with Gasteiger partial charge in [-0.1, -0.05) is 0 Å². The molecule has 116 valence electrons. The van der Waals surface area contributed by atoms with E-state index in [9.17, 15) is 4.79 Å². The summed E-state index contributed by atoms with van der Waals surface area (Å²) in [6, 6.07) is 9.27. The predicted molar refractivity (Wildman–Crippen MR) is 85.9 cm³/mol. The summed E-state index contributed by atoms with van der Waals surface area (Å²) in [5, 5.41) is 12.2. The van der Waals surface area contributed by atoms with E-state index in [2.05, 4.69) is 26.3 Å². The zero-order valence-corrected chi connectivity index (χ0v) is 12.6. The third kappa shape index (κ3) is 3.46. The monoisotopic (exact) mass is 307 g/mol. The van der Waals surface area contributed by atoms with Gasteiger partial charge < -0.3 is 10.2 Å². The highest BCUT2D eigenvalue weighted by molar-refractivity contribution is 5.94. The maximum absolute atomic E-state index is 12.2. The minimum atomic E-state index is -0.0681. The molecule has 0 aromatic carbocycles. The van der Waals surface area contributed by atoms with Crippen LogP contribution >= 0.6 is 0 Å². The van der Waals surface area contributed by atoms with Gasteiger partial charge in [-0.05, 0) is 37.1 Å². The molecule has 0 bridgehead atoms. The first-order valence-electron chi connectivity index (χ1n) is 7.59. The van der Waals surface area contributed by atoms with Crippen molar-refractivity contribution >= 4 is 11.7 Å². The molecule has 6 nitrogen and oxygen atoms in total. The van der Waals surface area contributed by atoms with E-state index < -0.39 is 0 Å². The molecule has 0 spiro atoms. The lowest BCUT2D eigenvalue weighted by atomic mass is 10.0. The highest BCUT2D eigenvalue weighted by Gasteiger charge is 2.23. The van der Waals surface area contributed by atoms with Gasteiger partial charge in [0.05, 0.1) is 5.56 Å². The fourth-order valence-electron chi connectivity index (χ4n) is 2.74. The van der Waals surface area contributed by atoms with Crippen LogP contribution in [-0.4, -0.2) is 35.0 Å². The Labute approximate surface area is 134 Å². The third-order valence-corrected chi connectivity index (χ3v) is 3.98. The second-order valence-electron chi connectivity index (χ2n) is 5.46. The number of carbonyl (C=O) groups is 1. The first-order valence-corrected chi connectivity index (χ1v) is 7.59. The lowest BCUT2D eigenvalue weighted by molar-refractivity contribution is 0.0931. The van der Waals surface area contributed by atoms with Gasteiger partial charge in [0.15, 0.2) is 0 Å². The lowest BCUT2D eigenvalue weighted by Gasteiger charge is -2.33. The van der Waals surface area contributed by atoms with Crippen molar-refractivity contribution in [1.82, 2.24) is 15.3 Å². The largest absolute Gasteiger partial charge is 0.355 e. The summed E-state index contributed by atoms with van der Waals surface area (Å²) in [4.78, 5) is 22.5. The van der Waals surface area contributed by atoms with E-state index in [1.807, 2.05) is 0 Å². The van der Waals surface area contributed by atoms with Gasteiger partial charge in [-0.2, -0.15) is 5.26 Å². The summed E-state index contributed by atoms with van der Waals surface area (Å²) < 4.78 is 0. The summed E-state index contributed by atoms with van der Waals surface area (Å²) in [7, 11) is 0. The van der Waals surface area contributed by atoms with Crippen LogP contribution in [-0.2, 0) is 0 Å². The van der Waals surface area contributed by atoms with Crippen molar-refractivity contribution < 1.29 is 4.79 Å². The number of anilines is 1. The maximum Gasteiger partial charge on any atom is 0.251 e. The predicted octanol–water partition coefficient (Wildman–Crippen LogP) is 1.75. The average molecular weight is 307 g/mol. The molecule has 0 aliphatic carbocycles. The first kappa shape index (κ1) is 15.0. The molecule has 2 aromatic rings. The van der Waals surface area contributed by atoms with Crippen LogP contribution in [0.2, 0.25) is 0 Å². The average Bonchev–Trinajstić information content (AvgIpc) is 2.63. The molecule has 1 aliphatic heterocycles. The van der Waals surface area contributed by atoms with Gasteiger partial charge in [0, 0.05) is 43.3 Å². The Morgan fingerprint density at radius 2 is 1.96 bits per heavy atom. The molecule has 1 aliphatic rings. The number of piperidine rings is 1. The summed E-state index contributed by atoms with van der Waals surface area (Å²) in [6.07, 6.45) is 6.59. The molecule has 0 unspecified atom stereocenters. The SMILES string of the molecule is N#Cc1cccnc1N1CCC(NC(=O)c2ccncc2)CC1. The molecule has 23 heavy (non-hydrogen) atoms. The zero-order valence-electron chi connectivity index (χ0n) is 12.6. The summed E-state index contributed by atoms with van der Waals surface area (Å²) in [6.45, 7) is 1.54. The molecule has 3 rings (SSSR count). The molecule has 3 heterocycles. The number of hydrogen-bond acceptors (Lipinski definition) is 5. The Kier molecular flexibility index (Phi) is 4.48. The molecule has 0 atom stereocenters. The minimum Gasteiger partial charge on any atom is -0.355 e. The summed E-state index contributed by atoms with van der Waals surface area (Å²) in [5.41, 5.74) is 1.21. The molecule has 1 fully saturated rings.